The SMILES string of the molecule is CC(O)(CN1CCC(c2noc3cc(F)ccc23)CC1)N1CCC(c2noc3cc(F)ccc23)CC1. The van der Waals surface area contributed by atoms with Crippen LogP contribution in [0.15, 0.2) is 45.4 Å². The van der Waals surface area contributed by atoms with Gasteiger partial charge in [0.2, 0.25) is 0 Å². The van der Waals surface area contributed by atoms with Gasteiger partial charge in [0.25, 0.3) is 0 Å². The number of piperidine rings is 2. The molecular weight excluding hydrogens is 466 g/mol. The molecular formula is C27H30F2N4O3. The number of hydrogen-bond acceptors (Lipinski definition) is 7. The Morgan fingerprint density at radius 2 is 1.31 bits per heavy atom. The Hall–Kier alpha value is -2.88. The van der Waals surface area contributed by atoms with E-state index in [1.165, 1.54) is 24.3 Å². The number of aromatic nitrogens is 2. The highest BCUT2D eigenvalue weighted by molar-refractivity contribution is 5.80. The van der Waals surface area contributed by atoms with Crippen LogP contribution in [-0.2, 0) is 0 Å². The molecule has 6 rings (SSSR count). The van der Waals surface area contributed by atoms with Gasteiger partial charge < -0.3 is 14.2 Å². The third kappa shape index (κ3) is 4.40. The second kappa shape index (κ2) is 9.21. The van der Waals surface area contributed by atoms with E-state index < -0.39 is 5.72 Å². The van der Waals surface area contributed by atoms with Crippen molar-refractivity contribution >= 4 is 21.9 Å². The first kappa shape index (κ1) is 23.5. The predicted molar refractivity (Wildman–Crippen MR) is 131 cm³/mol. The average Bonchev–Trinajstić information content (AvgIpc) is 3.48. The topological polar surface area (TPSA) is 78.8 Å². The fraction of sp³-hybridized carbons (Fsp3) is 0.481. The number of halogens is 2. The van der Waals surface area contributed by atoms with Crippen LogP contribution in [0.25, 0.3) is 21.9 Å². The highest BCUT2D eigenvalue weighted by Crippen LogP contribution is 2.36. The van der Waals surface area contributed by atoms with Gasteiger partial charge in [0.15, 0.2) is 11.2 Å². The van der Waals surface area contributed by atoms with Gasteiger partial charge in [-0.1, -0.05) is 10.3 Å². The lowest BCUT2D eigenvalue weighted by Crippen LogP contribution is -2.56. The van der Waals surface area contributed by atoms with Gasteiger partial charge in [-0.2, -0.15) is 0 Å². The van der Waals surface area contributed by atoms with E-state index in [-0.39, 0.29) is 23.5 Å². The number of nitrogens with zero attached hydrogens (tertiary/aromatic N) is 4. The van der Waals surface area contributed by atoms with Crippen molar-refractivity contribution in [2.24, 2.45) is 0 Å². The third-order valence-electron chi connectivity index (χ3n) is 7.98. The van der Waals surface area contributed by atoms with E-state index in [1.807, 2.05) is 6.92 Å². The number of β-amino-alcohol motifs (C(OH)–C–C–N with tert-alkyl or cyclic N) is 1. The van der Waals surface area contributed by atoms with E-state index in [0.717, 1.165) is 74.0 Å². The minimum absolute atomic E-state index is 0.227. The minimum Gasteiger partial charge on any atom is -0.375 e. The van der Waals surface area contributed by atoms with Gasteiger partial charge in [-0.25, -0.2) is 8.78 Å². The zero-order valence-electron chi connectivity index (χ0n) is 20.3. The quantitative estimate of drug-likeness (QED) is 0.416. The van der Waals surface area contributed by atoms with E-state index in [0.29, 0.717) is 17.7 Å². The lowest BCUT2D eigenvalue weighted by Gasteiger charge is -2.44. The Balaban J connectivity index is 1.04. The molecule has 0 radical (unpaired) electrons. The second-order valence-corrected chi connectivity index (χ2v) is 10.4. The van der Waals surface area contributed by atoms with Gasteiger partial charge in [0.05, 0.1) is 11.4 Å². The molecule has 2 aliphatic rings. The number of benzene rings is 2. The molecule has 4 aromatic rings. The maximum Gasteiger partial charge on any atom is 0.170 e. The van der Waals surface area contributed by atoms with Crippen LogP contribution in [0.2, 0.25) is 0 Å². The normalized spacial score (nSPS) is 20.9. The maximum atomic E-state index is 13.5. The Morgan fingerprint density at radius 1 is 0.833 bits per heavy atom. The van der Waals surface area contributed by atoms with Crippen LogP contribution in [0.4, 0.5) is 8.78 Å². The summed E-state index contributed by atoms with van der Waals surface area (Å²) < 4.78 is 37.7. The Kier molecular flexibility index (Phi) is 6.02. The number of hydrogen-bond donors (Lipinski definition) is 1. The zero-order valence-corrected chi connectivity index (χ0v) is 20.3. The molecule has 2 aromatic carbocycles. The fourth-order valence-corrected chi connectivity index (χ4v) is 5.97. The lowest BCUT2D eigenvalue weighted by atomic mass is 9.89. The smallest absolute Gasteiger partial charge is 0.170 e. The van der Waals surface area contributed by atoms with Crippen LogP contribution in [0, 0.1) is 11.6 Å². The number of fused-ring (bicyclic) bond motifs is 2. The average molecular weight is 497 g/mol. The largest absolute Gasteiger partial charge is 0.375 e. The van der Waals surface area contributed by atoms with E-state index >= 15 is 0 Å². The number of likely N-dealkylation sites (tertiary alicyclic amines) is 2. The summed E-state index contributed by atoms with van der Waals surface area (Å²) >= 11 is 0. The van der Waals surface area contributed by atoms with Crippen LogP contribution in [-0.4, -0.2) is 63.7 Å². The van der Waals surface area contributed by atoms with Crippen LogP contribution in [0.1, 0.15) is 55.8 Å². The molecule has 0 bridgehead atoms. The van der Waals surface area contributed by atoms with E-state index in [1.54, 1.807) is 12.1 Å². The van der Waals surface area contributed by atoms with Gasteiger partial charge in [0.1, 0.15) is 17.4 Å². The molecule has 1 N–H and O–H groups in total. The van der Waals surface area contributed by atoms with Crippen LogP contribution in [0.3, 0.4) is 0 Å². The summed E-state index contributed by atoms with van der Waals surface area (Å²) in [6, 6.07) is 9.13. The van der Waals surface area contributed by atoms with E-state index in [9.17, 15) is 13.9 Å². The van der Waals surface area contributed by atoms with Gasteiger partial charge in [-0.3, -0.25) is 9.80 Å². The molecule has 0 amide bonds. The van der Waals surface area contributed by atoms with Gasteiger partial charge in [-0.15, -0.1) is 0 Å². The summed E-state index contributed by atoms with van der Waals surface area (Å²) in [5.41, 5.74) is 1.82. The van der Waals surface area contributed by atoms with E-state index in [4.69, 9.17) is 9.05 Å². The Labute approximate surface area is 207 Å². The minimum atomic E-state index is -0.940. The van der Waals surface area contributed by atoms with Crippen molar-refractivity contribution in [1.82, 2.24) is 20.1 Å². The molecule has 0 spiro atoms. The molecule has 7 nitrogen and oxygen atoms in total. The van der Waals surface area contributed by atoms with Crippen LogP contribution < -0.4 is 0 Å². The molecule has 4 heterocycles. The van der Waals surface area contributed by atoms with Crippen molar-refractivity contribution in [3.8, 4) is 0 Å². The molecule has 2 aliphatic heterocycles. The highest BCUT2D eigenvalue weighted by Gasteiger charge is 2.37. The van der Waals surface area contributed by atoms with Gasteiger partial charge >= 0.3 is 0 Å². The number of rotatable bonds is 5. The first-order valence-corrected chi connectivity index (χ1v) is 12.7. The third-order valence-corrected chi connectivity index (χ3v) is 7.98. The van der Waals surface area contributed by atoms with Gasteiger partial charge in [-0.05, 0) is 70.0 Å². The molecule has 36 heavy (non-hydrogen) atoms. The van der Waals surface area contributed by atoms with Gasteiger partial charge in [0, 0.05) is 54.4 Å². The van der Waals surface area contributed by atoms with Crippen molar-refractivity contribution < 1.29 is 22.9 Å². The zero-order chi connectivity index (χ0) is 24.9. The molecule has 2 aromatic heterocycles. The second-order valence-electron chi connectivity index (χ2n) is 10.4. The molecule has 0 aliphatic carbocycles. The standard InChI is InChI=1S/C27H30F2N4O3/c1-27(34,33-12-8-18(9-13-33)26-22-5-3-20(29)15-24(22)36-31-26)16-32-10-6-17(7-11-32)25-21-4-2-19(28)14-23(21)35-30-25/h2-5,14-15,17-18,34H,6-13,16H2,1H3. The Morgan fingerprint density at radius 3 is 1.81 bits per heavy atom. The van der Waals surface area contributed by atoms with Crippen LogP contribution in [0.5, 0.6) is 0 Å². The first-order valence-electron chi connectivity index (χ1n) is 12.7. The maximum absolute atomic E-state index is 13.5. The van der Waals surface area contributed by atoms with Crippen molar-refractivity contribution in [2.75, 3.05) is 32.7 Å². The van der Waals surface area contributed by atoms with Crippen LogP contribution >= 0.6 is 0 Å². The molecule has 2 fully saturated rings. The molecule has 2 saturated heterocycles. The Bertz CT molecular complexity index is 1370. The fourth-order valence-electron chi connectivity index (χ4n) is 5.97. The summed E-state index contributed by atoms with van der Waals surface area (Å²) in [5.74, 6) is -0.161. The summed E-state index contributed by atoms with van der Waals surface area (Å²) in [6.45, 7) is 5.69. The number of aliphatic hydroxyl groups is 1. The predicted octanol–water partition coefficient (Wildman–Crippen LogP) is 5.01. The monoisotopic (exact) mass is 496 g/mol. The van der Waals surface area contributed by atoms with Crippen molar-refractivity contribution in [3.05, 3.63) is 59.4 Å². The molecule has 1 unspecified atom stereocenters. The summed E-state index contributed by atoms with van der Waals surface area (Å²) in [4.78, 5) is 4.46. The first-order chi connectivity index (χ1) is 17.4. The van der Waals surface area contributed by atoms with Crippen molar-refractivity contribution in [3.63, 3.8) is 0 Å². The lowest BCUT2D eigenvalue weighted by molar-refractivity contribution is -0.122. The van der Waals surface area contributed by atoms with Crippen molar-refractivity contribution in [2.45, 2.75) is 50.2 Å². The summed E-state index contributed by atoms with van der Waals surface area (Å²) in [6.07, 6.45) is 3.54. The van der Waals surface area contributed by atoms with Crippen molar-refractivity contribution in [1.29, 1.82) is 0 Å². The molecule has 9 heteroatoms. The molecule has 190 valence electrons. The molecule has 1 atom stereocenters. The highest BCUT2D eigenvalue weighted by atomic mass is 19.1. The summed E-state index contributed by atoms with van der Waals surface area (Å²) in [5, 5.41) is 21.6. The molecule has 0 saturated carbocycles. The summed E-state index contributed by atoms with van der Waals surface area (Å²) in [7, 11) is 0. The van der Waals surface area contributed by atoms with E-state index in [2.05, 4.69) is 20.1 Å².